The Labute approximate surface area is 176 Å². The molecule has 0 bridgehead atoms. The van der Waals surface area contributed by atoms with Gasteiger partial charge in [0.1, 0.15) is 5.82 Å². The second-order valence-electron chi connectivity index (χ2n) is 7.44. The topological polar surface area (TPSA) is 89.5 Å². The lowest BCUT2D eigenvalue weighted by Crippen LogP contribution is -2.14. The number of nitrogens with zero attached hydrogens (tertiary/aromatic N) is 6. The van der Waals surface area contributed by atoms with Crippen LogP contribution in [-0.4, -0.2) is 34.9 Å². The standard InChI is InChI=1S/C23H17N7O/c1-13-11-12-24-23-27-21(28-30(13)23)22(31)26-19-16-8-4-6-10-18(16)29-14(2)25-17-9-5-3-7-15(17)20(19)29/h3-12H,1-2H3,(H,26,31). The van der Waals surface area contributed by atoms with Crippen LogP contribution in [0.25, 0.3) is 33.1 Å². The lowest BCUT2D eigenvalue weighted by Gasteiger charge is -2.08. The van der Waals surface area contributed by atoms with Gasteiger partial charge in [-0.25, -0.2) is 14.5 Å². The SMILES string of the molecule is Cc1ccnc2nc(C(=O)Nc3c4ccccc4n4c(C)nc5ccccc5c34)nn12. The molecule has 0 aliphatic rings. The minimum Gasteiger partial charge on any atom is -0.317 e. The number of carbonyl (C=O) groups excluding carboxylic acids is 1. The molecule has 6 aromatic rings. The molecule has 0 saturated heterocycles. The zero-order valence-corrected chi connectivity index (χ0v) is 16.9. The average molecular weight is 407 g/mol. The van der Waals surface area contributed by atoms with Crippen molar-refractivity contribution in [1.29, 1.82) is 0 Å². The van der Waals surface area contributed by atoms with Gasteiger partial charge in [0.05, 0.1) is 22.2 Å². The van der Waals surface area contributed by atoms with Crippen LogP contribution in [0.15, 0.2) is 60.8 Å². The molecule has 0 radical (unpaired) electrons. The van der Waals surface area contributed by atoms with Crippen LogP contribution in [0, 0.1) is 13.8 Å². The summed E-state index contributed by atoms with van der Waals surface area (Å²) in [5.74, 6) is 0.917. The maximum Gasteiger partial charge on any atom is 0.295 e. The van der Waals surface area contributed by atoms with Gasteiger partial charge in [-0.15, -0.1) is 5.10 Å². The molecule has 2 aromatic carbocycles. The fourth-order valence-corrected chi connectivity index (χ4v) is 4.13. The second-order valence-corrected chi connectivity index (χ2v) is 7.44. The highest BCUT2D eigenvalue weighted by atomic mass is 16.2. The quantitative estimate of drug-likeness (QED) is 0.469. The van der Waals surface area contributed by atoms with Gasteiger partial charge in [0.15, 0.2) is 0 Å². The first kappa shape index (κ1) is 17.5. The number of benzene rings is 2. The molecule has 0 unspecified atom stereocenters. The van der Waals surface area contributed by atoms with E-state index in [1.165, 1.54) is 0 Å². The summed E-state index contributed by atoms with van der Waals surface area (Å²) in [6.45, 7) is 3.86. The Kier molecular flexibility index (Phi) is 3.58. The minimum absolute atomic E-state index is 0.0697. The van der Waals surface area contributed by atoms with Gasteiger partial charge in [0.25, 0.3) is 11.7 Å². The molecule has 8 nitrogen and oxygen atoms in total. The van der Waals surface area contributed by atoms with Crippen LogP contribution in [0.2, 0.25) is 0 Å². The summed E-state index contributed by atoms with van der Waals surface area (Å²) < 4.78 is 3.64. The number of carbonyl (C=O) groups is 1. The zero-order chi connectivity index (χ0) is 21.1. The lowest BCUT2D eigenvalue weighted by atomic mass is 10.1. The Morgan fingerprint density at radius 3 is 2.55 bits per heavy atom. The highest BCUT2D eigenvalue weighted by Gasteiger charge is 2.21. The third-order valence-corrected chi connectivity index (χ3v) is 5.51. The third-order valence-electron chi connectivity index (χ3n) is 5.51. The van der Waals surface area contributed by atoms with Crippen molar-refractivity contribution in [2.45, 2.75) is 13.8 Å². The summed E-state index contributed by atoms with van der Waals surface area (Å²) in [5, 5.41) is 9.30. The van der Waals surface area contributed by atoms with Crippen molar-refractivity contribution < 1.29 is 4.79 Å². The third kappa shape index (κ3) is 2.51. The number of nitrogens with one attached hydrogen (secondary N) is 1. The molecule has 6 rings (SSSR count). The van der Waals surface area contributed by atoms with Crippen molar-refractivity contribution in [2.75, 3.05) is 5.32 Å². The molecule has 1 N–H and O–H groups in total. The molecule has 0 fully saturated rings. The van der Waals surface area contributed by atoms with E-state index >= 15 is 0 Å². The van der Waals surface area contributed by atoms with Crippen molar-refractivity contribution in [3.63, 3.8) is 0 Å². The van der Waals surface area contributed by atoms with Gasteiger partial charge in [-0.2, -0.15) is 4.98 Å². The second kappa shape index (κ2) is 6.33. The predicted octanol–water partition coefficient (Wildman–Crippen LogP) is 3.95. The lowest BCUT2D eigenvalue weighted by molar-refractivity contribution is 0.101. The highest BCUT2D eigenvalue weighted by molar-refractivity contribution is 6.18. The van der Waals surface area contributed by atoms with E-state index in [0.29, 0.717) is 11.5 Å². The first-order chi connectivity index (χ1) is 15.1. The monoisotopic (exact) mass is 407 g/mol. The molecule has 4 aromatic heterocycles. The van der Waals surface area contributed by atoms with Crippen molar-refractivity contribution in [3.8, 4) is 0 Å². The predicted molar refractivity (Wildman–Crippen MR) is 118 cm³/mol. The molecule has 0 atom stereocenters. The molecule has 0 aliphatic heterocycles. The van der Waals surface area contributed by atoms with Crippen LogP contribution < -0.4 is 5.32 Å². The summed E-state index contributed by atoms with van der Waals surface area (Å²) in [5.41, 5.74) is 4.31. The number of aromatic nitrogens is 6. The summed E-state index contributed by atoms with van der Waals surface area (Å²) in [4.78, 5) is 26.5. The summed E-state index contributed by atoms with van der Waals surface area (Å²) in [7, 11) is 0. The van der Waals surface area contributed by atoms with Gasteiger partial charge >= 0.3 is 0 Å². The molecular weight excluding hydrogens is 390 g/mol. The van der Waals surface area contributed by atoms with Crippen molar-refractivity contribution in [3.05, 3.63) is 78.1 Å². The van der Waals surface area contributed by atoms with Gasteiger partial charge in [0, 0.05) is 22.7 Å². The van der Waals surface area contributed by atoms with Crippen molar-refractivity contribution in [2.24, 2.45) is 0 Å². The van der Waals surface area contributed by atoms with E-state index in [9.17, 15) is 4.79 Å². The first-order valence-corrected chi connectivity index (χ1v) is 9.90. The zero-order valence-electron chi connectivity index (χ0n) is 16.9. The Bertz CT molecular complexity index is 1660. The van der Waals surface area contributed by atoms with E-state index in [0.717, 1.165) is 38.8 Å². The smallest absolute Gasteiger partial charge is 0.295 e. The fraction of sp³-hybridized carbons (Fsp3) is 0.0870. The minimum atomic E-state index is -0.387. The number of rotatable bonds is 2. The maximum absolute atomic E-state index is 13.2. The number of hydrogen-bond acceptors (Lipinski definition) is 5. The van der Waals surface area contributed by atoms with Crippen LogP contribution in [-0.2, 0) is 0 Å². The number of fused-ring (bicyclic) bond motifs is 6. The molecule has 4 heterocycles. The Balaban J connectivity index is 1.60. The fourth-order valence-electron chi connectivity index (χ4n) is 4.13. The Morgan fingerprint density at radius 1 is 0.935 bits per heavy atom. The maximum atomic E-state index is 13.2. The van der Waals surface area contributed by atoms with Gasteiger partial charge in [-0.1, -0.05) is 36.4 Å². The Morgan fingerprint density at radius 2 is 1.71 bits per heavy atom. The van der Waals surface area contributed by atoms with Crippen LogP contribution in [0.5, 0.6) is 0 Å². The highest BCUT2D eigenvalue weighted by Crippen LogP contribution is 2.36. The van der Waals surface area contributed by atoms with Crippen LogP contribution in [0.1, 0.15) is 22.1 Å². The van der Waals surface area contributed by atoms with E-state index in [1.807, 2.05) is 68.4 Å². The van der Waals surface area contributed by atoms with E-state index in [2.05, 4.69) is 24.8 Å². The van der Waals surface area contributed by atoms with E-state index < -0.39 is 0 Å². The van der Waals surface area contributed by atoms with Gasteiger partial charge in [0.2, 0.25) is 5.82 Å². The molecule has 0 aliphatic carbocycles. The molecule has 0 saturated carbocycles. The molecular formula is C23H17N7O. The normalized spacial score (nSPS) is 11.7. The largest absolute Gasteiger partial charge is 0.317 e. The number of amides is 1. The van der Waals surface area contributed by atoms with E-state index in [-0.39, 0.29) is 11.7 Å². The van der Waals surface area contributed by atoms with Gasteiger partial charge < -0.3 is 5.32 Å². The van der Waals surface area contributed by atoms with Gasteiger partial charge in [-0.3, -0.25) is 9.20 Å². The number of aryl methyl sites for hydroxylation is 2. The molecule has 31 heavy (non-hydrogen) atoms. The molecule has 8 heteroatoms. The van der Waals surface area contributed by atoms with E-state index in [4.69, 9.17) is 4.98 Å². The number of anilines is 1. The molecule has 150 valence electrons. The first-order valence-electron chi connectivity index (χ1n) is 9.90. The van der Waals surface area contributed by atoms with E-state index in [1.54, 1.807) is 10.7 Å². The molecule has 1 amide bonds. The Hall–Kier alpha value is -4.33. The van der Waals surface area contributed by atoms with Gasteiger partial charge in [-0.05, 0) is 32.0 Å². The van der Waals surface area contributed by atoms with Crippen LogP contribution in [0.3, 0.4) is 0 Å². The van der Waals surface area contributed by atoms with Crippen molar-refractivity contribution in [1.82, 2.24) is 29.0 Å². The molecule has 0 spiro atoms. The van der Waals surface area contributed by atoms with Crippen molar-refractivity contribution >= 4 is 44.7 Å². The number of hydrogen-bond donors (Lipinski definition) is 1. The van der Waals surface area contributed by atoms with Crippen LogP contribution >= 0.6 is 0 Å². The average Bonchev–Trinajstić information content (AvgIpc) is 3.36. The summed E-state index contributed by atoms with van der Waals surface area (Å²) >= 11 is 0. The number of para-hydroxylation sites is 2. The summed E-state index contributed by atoms with van der Waals surface area (Å²) in [6.07, 6.45) is 1.65. The summed E-state index contributed by atoms with van der Waals surface area (Å²) in [6, 6.07) is 17.7. The van der Waals surface area contributed by atoms with Crippen LogP contribution in [0.4, 0.5) is 5.69 Å².